The summed E-state index contributed by atoms with van der Waals surface area (Å²) in [6.45, 7) is 0. The van der Waals surface area contributed by atoms with E-state index in [1.165, 1.54) is 48.5 Å². The number of halogens is 3. The molecule has 1 aliphatic rings. The summed E-state index contributed by atoms with van der Waals surface area (Å²) in [5.41, 5.74) is 1.35. The first-order chi connectivity index (χ1) is 11.2. The Kier molecular flexibility index (Phi) is 3.85. The molecule has 0 bridgehead atoms. The van der Waals surface area contributed by atoms with E-state index in [1.54, 1.807) is 0 Å². The lowest BCUT2D eigenvalue weighted by Crippen LogP contribution is -2.11. The van der Waals surface area contributed by atoms with Crippen LogP contribution < -0.4 is 5.14 Å². The zero-order valence-electron chi connectivity index (χ0n) is 12.2. The van der Waals surface area contributed by atoms with E-state index >= 15 is 0 Å². The molecule has 0 saturated heterocycles. The third kappa shape index (κ3) is 3.27. The summed E-state index contributed by atoms with van der Waals surface area (Å²) in [6, 6.07) is 10.5. The van der Waals surface area contributed by atoms with Crippen molar-refractivity contribution in [3.8, 4) is 0 Å². The van der Waals surface area contributed by atoms with Gasteiger partial charge in [-0.3, -0.25) is 0 Å². The van der Waals surface area contributed by atoms with Crippen molar-refractivity contribution in [2.24, 2.45) is 5.14 Å². The van der Waals surface area contributed by atoms with E-state index < -0.39 is 21.8 Å². The largest absolute Gasteiger partial charge is 0.286 e. The molecule has 3 nitrogen and oxygen atoms in total. The summed E-state index contributed by atoms with van der Waals surface area (Å²) in [6.07, 6.45) is 1.58. The van der Waals surface area contributed by atoms with Crippen LogP contribution in [0.2, 0.25) is 0 Å². The van der Waals surface area contributed by atoms with Gasteiger partial charge in [-0.15, -0.1) is 0 Å². The van der Waals surface area contributed by atoms with Gasteiger partial charge in [0.1, 0.15) is 5.82 Å². The highest BCUT2D eigenvalue weighted by Gasteiger charge is 2.33. The molecule has 0 heterocycles. The second kappa shape index (κ2) is 5.61. The number of primary sulfonamides is 1. The Labute approximate surface area is 137 Å². The summed E-state index contributed by atoms with van der Waals surface area (Å²) in [5.74, 6) is -3.61. The van der Waals surface area contributed by atoms with Crippen LogP contribution in [-0.2, 0) is 10.0 Å². The average molecular weight is 351 g/mol. The van der Waals surface area contributed by atoms with E-state index in [0.29, 0.717) is 11.1 Å². The monoisotopic (exact) mass is 351 g/mol. The second-order valence-corrected chi connectivity index (χ2v) is 6.93. The Hall–Kier alpha value is -2.38. The van der Waals surface area contributed by atoms with Crippen molar-refractivity contribution in [2.75, 3.05) is 0 Å². The number of hydrogen-bond acceptors (Lipinski definition) is 2. The number of rotatable bonds is 3. The molecule has 1 aliphatic carbocycles. The molecular formula is C17H12F3NO2S. The van der Waals surface area contributed by atoms with Crippen LogP contribution in [0.25, 0.3) is 11.1 Å². The van der Waals surface area contributed by atoms with Gasteiger partial charge in [0.2, 0.25) is 10.0 Å². The number of allylic oxidation sites excluding steroid dienone is 4. The van der Waals surface area contributed by atoms with E-state index in [-0.39, 0.29) is 16.0 Å². The molecule has 0 fully saturated rings. The Morgan fingerprint density at radius 1 is 0.792 bits per heavy atom. The van der Waals surface area contributed by atoms with Gasteiger partial charge in [0.25, 0.3) is 5.92 Å². The number of alkyl halides is 2. The summed E-state index contributed by atoms with van der Waals surface area (Å²) < 4.78 is 63.3. The molecule has 3 rings (SSSR count). The van der Waals surface area contributed by atoms with Gasteiger partial charge in [0.05, 0.1) is 4.90 Å². The fourth-order valence-electron chi connectivity index (χ4n) is 2.51. The molecular weight excluding hydrogens is 339 g/mol. The summed E-state index contributed by atoms with van der Waals surface area (Å²) >= 11 is 0. The maximum Gasteiger partial charge on any atom is 0.286 e. The Morgan fingerprint density at radius 3 is 1.62 bits per heavy atom. The maximum absolute atomic E-state index is 13.8. The van der Waals surface area contributed by atoms with Crippen LogP contribution in [0.15, 0.2) is 65.6 Å². The van der Waals surface area contributed by atoms with Crippen molar-refractivity contribution >= 4 is 21.2 Å². The molecule has 0 spiro atoms. The first-order valence-corrected chi connectivity index (χ1v) is 8.43. The van der Waals surface area contributed by atoms with Crippen LogP contribution in [0, 0.1) is 5.82 Å². The van der Waals surface area contributed by atoms with Crippen LogP contribution in [0.5, 0.6) is 0 Å². The SMILES string of the molecule is NS(=O)(=O)c1ccc(C2=CC(F)(F)C=C2c2ccc(F)cc2)cc1. The van der Waals surface area contributed by atoms with Crippen molar-refractivity contribution < 1.29 is 21.6 Å². The molecule has 0 atom stereocenters. The molecule has 0 amide bonds. The zero-order chi connectivity index (χ0) is 17.5. The van der Waals surface area contributed by atoms with E-state index in [9.17, 15) is 21.6 Å². The van der Waals surface area contributed by atoms with Gasteiger partial charge in [-0.2, -0.15) is 8.78 Å². The predicted molar refractivity (Wildman–Crippen MR) is 85.1 cm³/mol. The van der Waals surface area contributed by atoms with Gasteiger partial charge in [-0.25, -0.2) is 17.9 Å². The topological polar surface area (TPSA) is 60.2 Å². The van der Waals surface area contributed by atoms with Crippen molar-refractivity contribution in [3.63, 3.8) is 0 Å². The third-order valence-corrected chi connectivity index (χ3v) is 4.54. The number of benzene rings is 2. The molecule has 24 heavy (non-hydrogen) atoms. The highest BCUT2D eigenvalue weighted by molar-refractivity contribution is 7.89. The first-order valence-electron chi connectivity index (χ1n) is 6.89. The van der Waals surface area contributed by atoms with Crippen LogP contribution in [0.3, 0.4) is 0 Å². The van der Waals surface area contributed by atoms with Crippen molar-refractivity contribution in [3.05, 3.63) is 77.6 Å². The fraction of sp³-hybridized carbons (Fsp3) is 0.0588. The van der Waals surface area contributed by atoms with Gasteiger partial charge in [-0.1, -0.05) is 24.3 Å². The van der Waals surface area contributed by atoms with Crippen LogP contribution in [0.4, 0.5) is 13.2 Å². The van der Waals surface area contributed by atoms with Crippen LogP contribution in [-0.4, -0.2) is 14.3 Å². The average Bonchev–Trinajstić information content (AvgIpc) is 2.83. The molecule has 0 aliphatic heterocycles. The Morgan fingerprint density at radius 2 is 1.21 bits per heavy atom. The highest BCUT2D eigenvalue weighted by Crippen LogP contribution is 2.42. The van der Waals surface area contributed by atoms with Gasteiger partial charge >= 0.3 is 0 Å². The lowest BCUT2D eigenvalue weighted by Gasteiger charge is -2.10. The van der Waals surface area contributed by atoms with Gasteiger partial charge in [0, 0.05) is 0 Å². The maximum atomic E-state index is 13.8. The van der Waals surface area contributed by atoms with Crippen molar-refractivity contribution in [1.29, 1.82) is 0 Å². The predicted octanol–water partition coefficient (Wildman–Crippen LogP) is 3.59. The van der Waals surface area contributed by atoms with E-state index in [1.807, 2.05) is 0 Å². The number of hydrogen-bond donors (Lipinski definition) is 1. The molecule has 2 aromatic carbocycles. The van der Waals surface area contributed by atoms with E-state index in [0.717, 1.165) is 12.2 Å². The minimum atomic E-state index is -3.86. The Balaban J connectivity index is 2.05. The van der Waals surface area contributed by atoms with Crippen molar-refractivity contribution in [2.45, 2.75) is 10.8 Å². The Bertz CT molecular complexity index is 944. The van der Waals surface area contributed by atoms with Gasteiger partial charge < -0.3 is 0 Å². The smallest absolute Gasteiger partial charge is 0.225 e. The minimum Gasteiger partial charge on any atom is -0.225 e. The molecule has 0 unspecified atom stereocenters. The van der Waals surface area contributed by atoms with Crippen LogP contribution >= 0.6 is 0 Å². The number of sulfonamides is 1. The zero-order valence-corrected chi connectivity index (χ0v) is 13.0. The summed E-state index contributed by atoms with van der Waals surface area (Å²) in [7, 11) is -3.86. The minimum absolute atomic E-state index is 0.107. The molecule has 0 saturated carbocycles. The van der Waals surface area contributed by atoms with Crippen LogP contribution in [0.1, 0.15) is 11.1 Å². The third-order valence-electron chi connectivity index (χ3n) is 3.61. The molecule has 0 radical (unpaired) electrons. The lowest BCUT2D eigenvalue weighted by molar-refractivity contribution is 0.115. The van der Waals surface area contributed by atoms with Gasteiger partial charge in [0.15, 0.2) is 0 Å². The summed E-state index contributed by atoms with van der Waals surface area (Å²) in [4.78, 5) is -0.107. The molecule has 0 aromatic heterocycles. The molecule has 2 N–H and O–H groups in total. The van der Waals surface area contributed by atoms with E-state index in [4.69, 9.17) is 5.14 Å². The standard InChI is InChI=1S/C17H12F3NO2S/c18-13-5-1-11(2-6-13)15-9-17(19,20)10-16(15)12-3-7-14(8-4-12)24(21,22)23/h1-10H,(H2,21,22,23). The van der Waals surface area contributed by atoms with E-state index in [2.05, 4.69) is 0 Å². The van der Waals surface area contributed by atoms with Crippen molar-refractivity contribution in [1.82, 2.24) is 0 Å². The highest BCUT2D eigenvalue weighted by atomic mass is 32.2. The summed E-state index contributed by atoms with van der Waals surface area (Å²) in [5, 5.41) is 5.03. The molecule has 7 heteroatoms. The quantitative estimate of drug-likeness (QED) is 0.919. The second-order valence-electron chi connectivity index (χ2n) is 5.37. The molecule has 2 aromatic rings. The first kappa shape index (κ1) is 16.5. The molecule has 124 valence electrons. The fourth-order valence-corrected chi connectivity index (χ4v) is 3.03. The van der Waals surface area contributed by atoms with Gasteiger partial charge in [-0.05, 0) is 58.7 Å². The lowest BCUT2D eigenvalue weighted by atomic mass is 9.95. The normalized spacial score (nSPS) is 16.7. The number of nitrogens with two attached hydrogens (primary N) is 1.